The molecule has 1 aromatic rings. The van der Waals surface area contributed by atoms with Crippen molar-refractivity contribution in [2.24, 2.45) is 11.7 Å². The number of hydrogen-bond acceptors (Lipinski definition) is 6. The quantitative estimate of drug-likeness (QED) is 0.386. The van der Waals surface area contributed by atoms with E-state index in [-0.39, 0.29) is 11.6 Å². The zero-order valence-corrected chi connectivity index (χ0v) is 17.6. The smallest absolute Gasteiger partial charge is 0.349 e. The number of methoxy groups -OCH3 is 1. The van der Waals surface area contributed by atoms with E-state index in [4.69, 9.17) is 15.2 Å². The van der Waals surface area contributed by atoms with Gasteiger partial charge in [0.15, 0.2) is 6.10 Å². The number of urea groups is 1. The van der Waals surface area contributed by atoms with Crippen LogP contribution in [0.1, 0.15) is 43.8 Å². The zero-order chi connectivity index (χ0) is 22.3. The van der Waals surface area contributed by atoms with Gasteiger partial charge in [-0.1, -0.05) is 13.8 Å². The maximum Gasteiger partial charge on any atom is 0.349 e. The molecule has 9 nitrogen and oxygen atoms in total. The maximum absolute atomic E-state index is 12.5. The molecule has 0 saturated heterocycles. The summed E-state index contributed by atoms with van der Waals surface area (Å²) in [5.74, 6) is -2.23. The Morgan fingerprint density at radius 1 is 1.31 bits per heavy atom. The number of nitrogens with one attached hydrogen (secondary N) is 1. The minimum absolute atomic E-state index is 0.0717. The molecule has 0 aliphatic carbocycles. The van der Waals surface area contributed by atoms with Crippen molar-refractivity contribution in [1.29, 1.82) is 5.26 Å². The number of primary amides is 1. The molecule has 3 amide bonds. The summed E-state index contributed by atoms with van der Waals surface area (Å²) in [6, 6.07) is 2.69. The highest BCUT2D eigenvalue weighted by atomic mass is 16.5. The number of carbonyl (C=O) groups excluding carboxylic acids is 3. The number of nitrogens with zero attached hydrogens (tertiary/aromatic N) is 2. The van der Waals surface area contributed by atoms with Gasteiger partial charge in [0.05, 0.1) is 12.6 Å². The number of amides is 3. The van der Waals surface area contributed by atoms with Crippen molar-refractivity contribution in [3.63, 3.8) is 0 Å². The summed E-state index contributed by atoms with van der Waals surface area (Å²) in [4.78, 5) is 35.4. The highest BCUT2D eigenvalue weighted by Crippen LogP contribution is 2.23. The summed E-state index contributed by atoms with van der Waals surface area (Å²) in [6.45, 7) is 9.59. The molecular formula is C20H28N4O5. The molecule has 0 aliphatic rings. The fourth-order valence-electron chi connectivity index (χ4n) is 3.10. The molecule has 0 spiro atoms. The van der Waals surface area contributed by atoms with E-state index in [9.17, 15) is 19.6 Å². The van der Waals surface area contributed by atoms with E-state index in [1.807, 2.05) is 42.8 Å². The summed E-state index contributed by atoms with van der Waals surface area (Å²) in [5, 5.41) is 11.3. The van der Waals surface area contributed by atoms with E-state index < -0.39 is 29.9 Å². The molecule has 158 valence electrons. The van der Waals surface area contributed by atoms with Gasteiger partial charge in [0.25, 0.3) is 5.91 Å². The Bertz CT molecular complexity index is 848. The third-order valence-electron chi connectivity index (χ3n) is 4.36. The molecule has 0 radical (unpaired) electrons. The van der Waals surface area contributed by atoms with E-state index in [0.717, 1.165) is 11.4 Å². The normalized spacial score (nSPS) is 13.5. The molecule has 0 fully saturated rings. The maximum atomic E-state index is 12.5. The zero-order valence-electron chi connectivity index (χ0n) is 17.6. The average molecular weight is 404 g/mol. The lowest BCUT2D eigenvalue weighted by molar-refractivity contribution is -0.154. The third kappa shape index (κ3) is 6.19. The third-order valence-corrected chi connectivity index (χ3v) is 4.36. The van der Waals surface area contributed by atoms with Crippen LogP contribution in [0.4, 0.5) is 4.79 Å². The minimum Gasteiger partial charge on any atom is -0.448 e. The van der Waals surface area contributed by atoms with Gasteiger partial charge in [0.2, 0.25) is 0 Å². The van der Waals surface area contributed by atoms with Crippen LogP contribution >= 0.6 is 0 Å². The topological polar surface area (TPSA) is 136 Å². The predicted octanol–water partition coefficient (Wildman–Crippen LogP) is 1.98. The molecule has 1 aromatic heterocycles. The Morgan fingerprint density at radius 3 is 2.41 bits per heavy atom. The van der Waals surface area contributed by atoms with Crippen LogP contribution < -0.4 is 11.1 Å². The van der Waals surface area contributed by atoms with Gasteiger partial charge < -0.3 is 19.8 Å². The minimum atomic E-state index is -1.26. The number of esters is 1. The van der Waals surface area contributed by atoms with Crippen molar-refractivity contribution in [2.75, 3.05) is 13.7 Å². The molecule has 0 saturated carbocycles. The average Bonchev–Trinajstić information content (AvgIpc) is 2.89. The number of ether oxygens (including phenoxy) is 2. The van der Waals surface area contributed by atoms with Crippen molar-refractivity contribution in [2.45, 2.75) is 46.8 Å². The second-order valence-electron chi connectivity index (χ2n) is 7.09. The van der Waals surface area contributed by atoms with E-state index in [1.54, 1.807) is 21.0 Å². The summed E-state index contributed by atoms with van der Waals surface area (Å²) < 4.78 is 12.4. The first-order chi connectivity index (χ1) is 13.5. The predicted molar refractivity (Wildman–Crippen MR) is 107 cm³/mol. The Balaban J connectivity index is 3.16. The van der Waals surface area contributed by atoms with Crippen LogP contribution in [0.2, 0.25) is 0 Å². The van der Waals surface area contributed by atoms with E-state index >= 15 is 0 Å². The van der Waals surface area contributed by atoms with Crippen LogP contribution in [0.25, 0.3) is 6.08 Å². The van der Waals surface area contributed by atoms with Crippen LogP contribution in [-0.4, -0.2) is 42.3 Å². The molecule has 0 bridgehead atoms. The lowest BCUT2D eigenvalue weighted by atomic mass is 10.1. The first-order valence-corrected chi connectivity index (χ1v) is 9.13. The van der Waals surface area contributed by atoms with E-state index in [2.05, 4.69) is 0 Å². The van der Waals surface area contributed by atoms with Crippen LogP contribution in [-0.2, 0) is 19.1 Å². The molecule has 0 aliphatic heterocycles. The fraction of sp³-hybridized carbons (Fsp3) is 0.500. The van der Waals surface area contributed by atoms with Crippen LogP contribution in [0.5, 0.6) is 0 Å². The summed E-state index contributed by atoms with van der Waals surface area (Å²) in [6.07, 6.45) is 0.158. The van der Waals surface area contributed by atoms with Gasteiger partial charge in [-0.15, -0.1) is 0 Å². The molecule has 0 aromatic carbocycles. The highest BCUT2D eigenvalue weighted by Gasteiger charge is 2.29. The van der Waals surface area contributed by atoms with Crippen LogP contribution in [0.15, 0.2) is 11.6 Å². The van der Waals surface area contributed by atoms with Crippen molar-refractivity contribution in [3.8, 4) is 6.07 Å². The summed E-state index contributed by atoms with van der Waals surface area (Å²) in [5.41, 5.74) is 7.17. The Kier molecular flexibility index (Phi) is 8.60. The number of carbonyl (C=O) groups is 3. The number of imide groups is 1. The van der Waals surface area contributed by atoms with Gasteiger partial charge in [-0.25, -0.2) is 9.59 Å². The first-order valence-electron chi connectivity index (χ1n) is 9.13. The van der Waals surface area contributed by atoms with Gasteiger partial charge >= 0.3 is 12.0 Å². The molecule has 9 heteroatoms. The van der Waals surface area contributed by atoms with Crippen LogP contribution in [0, 0.1) is 31.1 Å². The van der Waals surface area contributed by atoms with Crippen molar-refractivity contribution in [3.05, 3.63) is 28.6 Å². The molecule has 29 heavy (non-hydrogen) atoms. The SMILES string of the molecule is COC[C@H](C)n1c(C)cc(/C=C(\C#N)C(=O)O[C@H](C(=O)NC(N)=O)C(C)C)c1C. The number of nitrogens with two attached hydrogens (primary N) is 1. The number of nitriles is 1. The largest absolute Gasteiger partial charge is 0.448 e. The van der Waals surface area contributed by atoms with Gasteiger partial charge in [-0.3, -0.25) is 10.1 Å². The van der Waals surface area contributed by atoms with Crippen molar-refractivity contribution < 1.29 is 23.9 Å². The summed E-state index contributed by atoms with van der Waals surface area (Å²) in [7, 11) is 1.62. The summed E-state index contributed by atoms with van der Waals surface area (Å²) >= 11 is 0. The highest BCUT2D eigenvalue weighted by molar-refractivity contribution is 6.01. The van der Waals surface area contributed by atoms with Crippen LogP contribution in [0.3, 0.4) is 0 Å². The van der Waals surface area contributed by atoms with Crippen molar-refractivity contribution in [1.82, 2.24) is 9.88 Å². The molecule has 1 rings (SSSR count). The van der Waals surface area contributed by atoms with Gasteiger partial charge in [0.1, 0.15) is 11.6 Å². The molecule has 2 atom stereocenters. The standard InChI is InChI=1S/C20H28N4O5/c1-11(2)17(18(25)23-20(22)27)29-19(26)16(9-21)8-15-7-12(3)24(14(15)5)13(4)10-28-6/h7-8,11,13,17H,10H2,1-6H3,(H3,22,23,25,27)/b16-8+/t13-,17-/m0/s1. The number of aromatic nitrogens is 1. The first kappa shape index (κ1) is 23.9. The Morgan fingerprint density at radius 2 is 1.93 bits per heavy atom. The van der Waals surface area contributed by atoms with Crippen molar-refractivity contribution >= 4 is 24.0 Å². The second kappa shape index (κ2) is 10.4. The van der Waals surface area contributed by atoms with E-state index in [1.165, 1.54) is 6.08 Å². The van der Waals surface area contributed by atoms with Gasteiger partial charge in [-0.05, 0) is 44.4 Å². The Hall–Kier alpha value is -3.12. The van der Waals surface area contributed by atoms with Gasteiger partial charge in [-0.2, -0.15) is 5.26 Å². The number of hydrogen-bond donors (Lipinski definition) is 2. The molecule has 1 heterocycles. The molecule has 0 unspecified atom stereocenters. The van der Waals surface area contributed by atoms with E-state index in [0.29, 0.717) is 12.2 Å². The lowest BCUT2D eigenvalue weighted by Gasteiger charge is -2.19. The lowest BCUT2D eigenvalue weighted by Crippen LogP contribution is -2.45. The Labute approximate surface area is 170 Å². The monoisotopic (exact) mass is 404 g/mol. The number of aryl methyl sites for hydroxylation is 1. The second-order valence-corrected chi connectivity index (χ2v) is 7.09. The molecular weight excluding hydrogens is 376 g/mol. The number of rotatable bonds is 8. The molecule has 3 N–H and O–H groups in total. The fourth-order valence-corrected chi connectivity index (χ4v) is 3.10. The van der Waals surface area contributed by atoms with Gasteiger partial charge in [0, 0.05) is 18.5 Å².